The van der Waals surface area contributed by atoms with Gasteiger partial charge in [-0.3, -0.25) is 0 Å². The number of hydrogen-bond acceptors (Lipinski definition) is 0. The first-order chi connectivity index (χ1) is 10.0. The lowest BCUT2D eigenvalue weighted by atomic mass is 10.1. The molecule has 0 nitrogen and oxygen atoms in total. The molecule has 0 saturated carbocycles. The molecule has 0 bridgehead atoms. The standard InChI is InChI=1S/C16H9F5/c17-12-11(13(18)15(20)16(21)14(12)19)9-5-4-8-10-6-2-1-3-7-10/h1-9H. The molecular weight excluding hydrogens is 287 g/mol. The highest BCUT2D eigenvalue weighted by Crippen LogP contribution is 2.23. The Morgan fingerprint density at radius 2 is 1.05 bits per heavy atom. The van der Waals surface area contributed by atoms with E-state index in [-0.39, 0.29) is 0 Å². The van der Waals surface area contributed by atoms with Gasteiger partial charge in [0.2, 0.25) is 5.82 Å². The van der Waals surface area contributed by atoms with Crippen molar-refractivity contribution in [2.75, 3.05) is 0 Å². The molecule has 0 saturated heterocycles. The summed E-state index contributed by atoms with van der Waals surface area (Å²) in [6, 6.07) is 9.01. The van der Waals surface area contributed by atoms with E-state index in [9.17, 15) is 22.0 Å². The van der Waals surface area contributed by atoms with Crippen molar-refractivity contribution in [2.45, 2.75) is 0 Å². The molecule has 0 amide bonds. The highest BCUT2D eigenvalue weighted by atomic mass is 19.2. The van der Waals surface area contributed by atoms with Gasteiger partial charge in [-0.1, -0.05) is 48.6 Å². The highest BCUT2D eigenvalue weighted by Gasteiger charge is 2.23. The molecule has 0 heterocycles. The molecule has 0 aromatic heterocycles. The molecule has 21 heavy (non-hydrogen) atoms. The summed E-state index contributed by atoms with van der Waals surface area (Å²) in [4.78, 5) is 0. The van der Waals surface area contributed by atoms with Gasteiger partial charge in [-0.2, -0.15) is 0 Å². The van der Waals surface area contributed by atoms with E-state index in [1.54, 1.807) is 30.3 Å². The van der Waals surface area contributed by atoms with Crippen molar-refractivity contribution < 1.29 is 22.0 Å². The summed E-state index contributed by atoms with van der Waals surface area (Å²) in [5.41, 5.74) is -0.135. The quantitative estimate of drug-likeness (QED) is 0.319. The molecule has 2 aromatic carbocycles. The molecule has 0 radical (unpaired) electrons. The predicted octanol–water partition coefficient (Wildman–Crippen LogP) is 5.11. The second-order valence-corrected chi connectivity index (χ2v) is 4.11. The van der Waals surface area contributed by atoms with Gasteiger partial charge in [-0.05, 0) is 11.6 Å². The fraction of sp³-hybridized carbons (Fsp3) is 0. The van der Waals surface area contributed by atoms with E-state index >= 15 is 0 Å². The Bertz CT molecular complexity index is 673. The molecule has 0 unspecified atom stereocenters. The molecule has 0 aliphatic rings. The van der Waals surface area contributed by atoms with Crippen molar-refractivity contribution in [3.8, 4) is 0 Å². The van der Waals surface area contributed by atoms with E-state index in [1.807, 2.05) is 6.07 Å². The Labute approximate surface area is 117 Å². The summed E-state index contributed by atoms with van der Waals surface area (Å²) >= 11 is 0. The molecule has 5 heteroatoms. The molecule has 2 rings (SSSR count). The summed E-state index contributed by atoms with van der Waals surface area (Å²) in [5, 5.41) is 0. The summed E-state index contributed by atoms with van der Waals surface area (Å²) in [6.45, 7) is 0. The van der Waals surface area contributed by atoms with Crippen LogP contribution in [-0.4, -0.2) is 0 Å². The summed E-state index contributed by atoms with van der Waals surface area (Å²) < 4.78 is 65.5. The maximum Gasteiger partial charge on any atom is 0.200 e. The van der Waals surface area contributed by atoms with Crippen molar-refractivity contribution in [3.63, 3.8) is 0 Å². The first-order valence-electron chi connectivity index (χ1n) is 5.93. The third kappa shape index (κ3) is 3.18. The van der Waals surface area contributed by atoms with Gasteiger partial charge in [0.1, 0.15) is 0 Å². The minimum Gasteiger partial charge on any atom is -0.203 e. The molecule has 108 valence electrons. The first-order valence-corrected chi connectivity index (χ1v) is 5.93. The van der Waals surface area contributed by atoms with Gasteiger partial charge in [0.25, 0.3) is 0 Å². The van der Waals surface area contributed by atoms with E-state index in [0.717, 1.165) is 11.6 Å². The zero-order valence-electron chi connectivity index (χ0n) is 10.6. The Morgan fingerprint density at radius 3 is 1.62 bits per heavy atom. The average Bonchev–Trinajstić information content (AvgIpc) is 2.51. The van der Waals surface area contributed by atoms with Gasteiger partial charge in [-0.15, -0.1) is 0 Å². The van der Waals surface area contributed by atoms with Gasteiger partial charge in [0, 0.05) is 0 Å². The second-order valence-electron chi connectivity index (χ2n) is 4.11. The van der Waals surface area contributed by atoms with Crippen LogP contribution in [0.1, 0.15) is 11.1 Å². The molecule has 0 aliphatic carbocycles. The van der Waals surface area contributed by atoms with Crippen molar-refractivity contribution in [3.05, 3.63) is 82.7 Å². The minimum atomic E-state index is -2.16. The summed E-state index contributed by atoms with van der Waals surface area (Å²) in [5.74, 6) is -9.78. The normalized spacial score (nSPS) is 11.7. The lowest BCUT2D eigenvalue weighted by Gasteiger charge is -2.03. The van der Waals surface area contributed by atoms with Crippen molar-refractivity contribution in [1.82, 2.24) is 0 Å². The Hall–Kier alpha value is -2.43. The Balaban J connectivity index is 2.28. The molecular formula is C16H9F5. The third-order valence-corrected chi connectivity index (χ3v) is 2.71. The van der Waals surface area contributed by atoms with Crippen LogP contribution < -0.4 is 0 Å². The lowest BCUT2D eigenvalue weighted by molar-refractivity contribution is 0.377. The molecule has 0 aliphatic heterocycles. The monoisotopic (exact) mass is 296 g/mol. The second kappa shape index (κ2) is 6.35. The summed E-state index contributed by atoms with van der Waals surface area (Å²) in [7, 11) is 0. The average molecular weight is 296 g/mol. The van der Waals surface area contributed by atoms with Crippen LogP contribution in [0.4, 0.5) is 22.0 Å². The largest absolute Gasteiger partial charge is 0.203 e. The number of allylic oxidation sites excluding steroid dienone is 2. The SMILES string of the molecule is Fc1c(F)c(F)c(C=CC=Cc2ccccc2)c(F)c1F. The smallest absolute Gasteiger partial charge is 0.200 e. The van der Waals surface area contributed by atoms with Crippen LogP contribution in [0.2, 0.25) is 0 Å². The highest BCUT2D eigenvalue weighted by molar-refractivity contribution is 5.58. The Kier molecular flexibility index (Phi) is 4.52. The van der Waals surface area contributed by atoms with Crippen LogP contribution in [0.15, 0.2) is 42.5 Å². The Morgan fingerprint density at radius 1 is 0.571 bits per heavy atom. The van der Waals surface area contributed by atoms with Crippen molar-refractivity contribution in [1.29, 1.82) is 0 Å². The molecule has 0 atom stereocenters. The van der Waals surface area contributed by atoms with E-state index in [2.05, 4.69) is 0 Å². The van der Waals surface area contributed by atoms with E-state index in [4.69, 9.17) is 0 Å². The van der Waals surface area contributed by atoms with E-state index in [0.29, 0.717) is 0 Å². The zero-order valence-corrected chi connectivity index (χ0v) is 10.6. The fourth-order valence-corrected chi connectivity index (χ4v) is 1.65. The van der Waals surface area contributed by atoms with Crippen LogP contribution in [0.3, 0.4) is 0 Å². The van der Waals surface area contributed by atoms with Gasteiger partial charge in [-0.25, -0.2) is 22.0 Å². The van der Waals surface area contributed by atoms with Gasteiger partial charge >= 0.3 is 0 Å². The topological polar surface area (TPSA) is 0 Å². The maximum absolute atomic E-state index is 13.4. The van der Waals surface area contributed by atoms with E-state index in [1.165, 1.54) is 12.2 Å². The van der Waals surface area contributed by atoms with Crippen molar-refractivity contribution in [2.24, 2.45) is 0 Å². The first kappa shape index (κ1) is 15.0. The van der Waals surface area contributed by atoms with Gasteiger partial charge in [0.15, 0.2) is 23.3 Å². The van der Waals surface area contributed by atoms with E-state index < -0.39 is 34.6 Å². The zero-order chi connectivity index (χ0) is 15.4. The maximum atomic E-state index is 13.4. The number of halogens is 5. The van der Waals surface area contributed by atoms with Crippen LogP contribution >= 0.6 is 0 Å². The van der Waals surface area contributed by atoms with Crippen molar-refractivity contribution >= 4 is 12.2 Å². The van der Waals surface area contributed by atoms with Crippen LogP contribution in [0.25, 0.3) is 12.2 Å². The number of rotatable bonds is 3. The molecule has 0 spiro atoms. The number of hydrogen-bond donors (Lipinski definition) is 0. The van der Waals surface area contributed by atoms with Crippen LogP contribution in [0, 0.1) is 29.1 Å². The molecule has 2 aromatic rings. The lowest BCUT2D eigenvalue weighted by Crippen LogP contribution is -2.03. The van der Waals surface area contributed by atoms with Crippen LogP contribution in [0.5, 0.6) is 0 Å². The third-order valence-electron chi connectivity index (χ3n) is 2.71. The number of benzene rings is 2. The fourth-order valence-electron chi connectivity index (χ4n) is 1.65. The predicted molar refractivity (Wildman–Crippen MR) is 70.7 cm³/mol. The van der Waals surface area contributed by atoms with Gasteiger partial charge < -0.3 is 0 Å². The minimum absolute atomic E-state index is 0.829. The molecule has 0 N–H and O–H groups in total. The van der Waals surface area contributed by atoms with Gasteiger partial charge in [0.05, 0.1) is 5.56 Å². The van der Waals surface area contributed by atoms with Crippen LogP contribution in [-0.2, 0) is 0 Å². The summed E-state index contributed by atoms with van der Waals surface area (Å²) in [6.07, 6.45) is 5.09. The molecule has 0 fully saturated rings.